The minimum Gasteiger partial charge on any atom is -0.322 e. The molecule has 3 aliphatic rings. The number of hydrogen-bond acceptors (Lipinski definition) is 3. The van der Waals surface area contributed by atoms with Gasteiger partial charge in [-0.2, -0.15) is 13.2 Å². The van der Waals surface area contributed by atoms with Gasteiger partial charge >= 0.3 is 12.1 Å². The van der Waals surface area contributed by atoms with Crippen LogP contribution in [0.15, 0.2) is 0 Å². The normalized spacial score (nSPS) is 30.0. The first-order chi connectivity index (χ1) is 11.9. The van der Waals surface area contributed by atoms with Crippen LogP contribution in [0.3, 0.4) is 0 Å². The van der Waals surface area contributed by atoms with E-state index in [4.69, 9.17) is 12.4 Å². The Morgan fingerprint density at radius 1 is 1.19 bits per heavy atom. The molecule has 2 saturated carbocycles. The number of carbonyl (C=O) groups excluding carboxylic acids is 2. The average molecular weight is 403 g/mol. The van der Waals surface area contributed by atoms with Crippen molar-refractivity contribution in [2.75, 3.05) is 13.1 Å². The summed E-state index contributed by atoms with van der Waals surface area (Å²) in [4.78, 5) is 25.4. The van der Waals surface area contributed by atoms with Gasteiger partial charge in [-0.3, -0.25) is 4.79 Å². The summed E-state index contributed by atoms with van der Waals surface area (Å²) in [5, 5.41) is 0. The van der Waals surface area contributed by atoms with Crippen molar-refractivity contribution < 1.29 is 39.9 Å². The first-order valence-corrected chi connectivity index (χ1v) is 8.61. The van der Waals surface area contributed by atoms with Crippen molar-refractivity contribution in [3.8, 4) is 0 Å². The molecule has 3 rings (SSSR count). The summed E-state index contributed by atoms with van der Waals surface area (Å²) in [6.45, 7) is -0.530. The predicted molar refractivity (Wildman–Crippen MR) is 77.9 cm³/mol. The van der Waals surface area contributed by atoms with Gasteiger partial charge in [-0.05, 0) is 12.8 Å². The van der Waals surface area contributed by atoms with Crippen LogP contribution >= 0.6 is 0 Å². The summed E-state index contributed by atoms with van der Waals surface area (Å²) < 4.78 is 81.2. The number of alkyl halides is 6. The van der Waals surface area contributed by atoms with E-state index in [0.717, 1.165) is 16.8 Å². The zero-order valence-electron chi connectivity index (χ0n) is 13.6. The Morgan fingerprint density at radius 3 is 2.23 bits per heavy atom. The summed E-state index contributed by atoms with van der Waals surface area (Å²) in [5.41, 5.74) is -3.28. The highest BCUT2D eigenvalue weighted by Crippen LogP contribution is 2.61. The smallest absolute Gasteiger partial charge is 0.322 e. The summed E-state index contributed by atoms with van der Waals surface area (Å²) in [6, 6.07) is -1.48. The van der Waals surface area contributed by atoms with Gasteiger partial charge in [-0.1, -0.05) is 3.95 Å². The Bertz CT molecular complexity index is 641. The maximum atomic E-state index is 13.8. The summed E-state index contributed by atoms with van der Waals surface area (Å²) in [6.07, 6.45) is -9.03. The number of carbonyl (C=O) groups is 2. The molecule has 26 heavy (non-hydrogen) atoms. The average Bonchev–Trinajstić information content (AvgIpc) is 3.21. The lowest BCUT2D eigenvalue weighted by molar-refractivity contribution is -0.428. The number of nitrogens with zero attached hydrogens (tertiary/aromatic N) is 2. The van der Waals surface area contributed by atoms with Gasteiger partial charge in [-0.15, -0.1) is 0 Å². The van der Waals surface area contributed by atoms with Crippen molar-refractivity contribution in [2.24, 2.45) is 11.3 Å². The highest BCUT2D eigenvalue weighted by molar-refractivity contribution is 7.44. The minimum absolute atomic E-state index is 0.201. The van der Waals surface area contributed by atoms with Crippen molar-refractivity contribution in [1.82, 2.24) is 4.90 Å². The lowest BCUT2D eigenvalue weighted by Gasteiger charge is -2.48. The fourth-order valence-electron chi connectivity index (χ4n) is 3.61. The first kappa shape index (κ1) is 19.5. The second-order valence-electron chi connectivity index (χ2n) is 7.44. The van der Waals surface area contributed by atoms with Crippen LogP contribution in [0.1, 0.15) is 32.1 Å². The third kappa shape index (κ3) is 3.34. The van der Waals surface area contributed by atoms with E-state index in [2.05, 4.69) is 0 Å². The van der Waals surface area contributed by atoms with Crippen LogP contribution < -0.4 is 0 Å². The Kier molecular flexibility index (Phi) is 4.60. The van der Waals surface area contributed by atoms with Crippen molar-refractivity contribution in [2.45, 2.75) is 56.4 Å². The van der Waals surface area contributed by atoms with Crippen LogP contribution in [0.25, 0.3) is 0 Å². The fourth-order valence-corrected chi connectivity index (χ4v) is 3.95. The summed E-state index contributed by atoms with van der Waals surface area (Å²) >= 11 is 4.92. The first-order valence-electron chi connectivity index (χ1n) is 8.24. The zero-order chi connectivity index (χ0) is 19.5. The molecule has 0 N–H and O–H groups in total. The molecule has 4 nitrogen and oxygen atoms in total. The topological polar surface area (TPSA) is 40.4 Å². The van der Waals surface area contributed by atoms with E-state index in [-0.39, 0.29) is 12.5 Å². The Labute approximate surface area is 150 Å². The second kappa shape index (κ2) is 6.13. The van der Waals surface area contributed by atoms with Crippen LogP contribution in [-0.2, 0) is 22.0 Å². The Hall–Kier alpha value is -1.26. The Balaban J connectivity index is 1.81. The largest absolute Gasteiger partial charge is 0.423 e. The molecule has 146 valence electrons. The second-order valence-corrected chi connectivity index (χ2v) is 7.88. The lowest BCUT2D eigenvalue weighted by Crippen LogP contribution is -2.64. The molecule has 0 aromatic carbocycles. The van der Waals surface area contributed by atoms with Crippen LogP contribution in [-0.4, -0.2) is 58.1 Å². The highest BCUT2D eigenvalue weighted by Gasteiger charge is 2.75. The quantitative estimate of drug-likeness (QED) is 0.535. The van der Waals surface area contributed by atoms with Crippen LogP contribution in [0.4, 0.5) is 26.3 Å². The summed E-state index contributed by atoms with van der Waals surface area (Å²) in [7, 11) is 0. The molecular weight excluding hydrogens is 386 g/mol. The molecule has 2 atom stereocenters. The van der Waals surface area contributed by atoms with Gasteiger partial charge in [-0.25, -0.2) is 18.0 Å². The van der Waals surface area contributed by atoms with Crippen LogP contribution in [0.5, 0.6) is 0 Å². The number of hydrogen-bond donors (Lipinski definition) is 0. The van der Waals surface area contributed by atoms with Crippen LogP contribution in [0.2, 0.25) is 0 Å². The molecule has 3 fully saturated rings. The molecule has 1 heterocycles. The molecule has 0 aromatic rings. The van der Waals surface area contributed by atoms with E-state index in [0.29, 0.717) is 4.90 Å². The van der Waals surface area contributed by atoms with E-state index in [9.17, 15) is 35.9 Å². The molecule has 2 amide bonds. The predicted octanol–water partition coefficient (Wildman–Crippen LogP) is 2.58. The molecule has 0 spiro atoms. The summed E-state index contributed by atoms with van der Waals surface area (Å²) in [5.74, 6) is -5.90. The molecule has 0 radical (unpaired) electrons. The minimum atomic E-state index is -5.21. The van der Waals surface area contributed by atoms with Gasteiger partial charge in [0.25, 0.3) is 18.3 Å². The molecule has 0 unspecified atom stereocenters. The highest BCUT2D eigenvalue weighted by atomic mass is 32.1. The van der Waals surface area contributed by atoms with Crippen molar-refractivity contribution in [3.63, 3.8) is 0 Å². The number of amides is 2. The SMILES string of the molecule is O=C([C@@H]1C[C@@H](F)CN1C(=O)C1(C(F)(F)F)CC(F)(F)C1)[N+](=S)CC1CC1. The number of likely N-dealkylation sites (tertiary alicyclic amines) is 1. The molecule has 11 heteroatoms. The maximum absolute atomic E-state index is 13.8. The lowest BCUT2D eigenvalue weighted by atomic mass is 9.64. The zero-order valence-corrected chi connectivity index (χ0v) is 14.4. The molecule has 1 saturated heterocycles. The standard InChI is InChI=1S/C15H17F6N2O2S/c16-9-3-10(11(24)23(26)4-8-1-2-8)22(5-9)12(25)13(15(19,20)21)6-14(17,18)7-13/h8-10H,1-7H2/q+1/t9-,10+/m1/s1. The van der Waals surface area contributed by atoms with Crippen molar-refractivity contribution >= 4 is 24.2 Å². The van der Waals surface area contributed by atoms with Gasteiger partial charge < -0.3 is 4.90 Å². The Morgan fingerprint density at radius 2 is 1.77 bits per heavy atom. The van der Waals surface area contributed by atoms with E-state index in [1.165, 1.54) is 0 Å². The van der Waals surface area contributed by atoms with Crippen molar-refractivity contribution in [3.05, 3.63) is 0 Å². The van der Waals surface area contributed by atoms with Gasteiger partial charge in [0.2, 0.25) is 5.91 Å². The van der Waals surface area contributed by atoms with Crippen molar-refractivity contribution in [1.29, 1.82) is 0 Å². The molecule has 0 aromatic heterocycles. The third-order valence-electron chi connectivity index (χ3n) is 5.24. The van der Waals surface area contributed by atoms with E-state index >= 15 is 0 Å². The number of halogens is 6. The molecular formula is C15H17F6N2O2S+. The monoisotopic (exact) mass is 403 g/mol. The van der Waals surface area contributed by atoms with Gasteiger partial charge in [0.05, 0.1) is 6.54 Å². The molecule has 0 bridgehead atoms. The van der Waals surface area contributed by atoms with Gasteiger partial charge in [0.1, 0.15) is 6.17 Å². The number of rotatable bonds is 4. The van der Waals surface area contributed by atoms with Gasteiger partial charge in [0.15, 0.2) is 18.0 Å². The fraction of sp³-hybridized carbons (Fsp3) is 0.867. The molecule has 2 aliphatic carbocycles. The van der Waals surface area contributed by atoms with E-state index in [1.54, 1.807) is 0 Å². The maximum Gasteiger partial charge on any atom is 0.423 e. The molecule has 1 aliphatic heterocycles. The van der Waals surface area contributed by atoms with E-state index in [1.807, 2.05) is 0 Å². The van der Waals surface area contributed by atoms with Crippen LogP contribution in [0, 0.1) is 11.3 Å². The van der Waals surface area contributed by atoms with E-state index < -0.39 is 67.3 Å². The third-order valence-corrected chi connectivity index (χ3v) is 5.56. The van der Waals surface area contributed by atoms with Gasteiger partial charge in [0, 0.05) is 25.2 Å².